The molecule has 1 amide bonds. The van der Waals surface area contributed by atoms with Crippen molar-refractivity contribution >= 4 is 35.1 Å². The number of fused-ring (bicyclic) bond motifs is 1. The third-order valence-corrected chi connectivity index (χ3v) is 5.84. The second-order valence-corrected chi connectivity index (χ2v) is 7.98. The monoisotopic (exact) mass is 433 g/mol. The van der Waals surface area contributed by atoms with Crippen LogP contribution in [-0.4, -0.2) is 30.9 Å². The van der Waals surface area contributed by atoms with E-state index in [1.54, 1.807) is 12.1 Å². The van der Waals surface area contributed by atoms with Gasteiger partial charge in [-0.3, -0.25) is 14.4 Å². The summed E-state index contributed by atoms with van der Waals surface area (Å²) < 4.78 is 10.7. The number of hydrogen-bond acceptors (Lipinski definition) is 6. The molecule has 1 atom stereocenters. The van der Waals surface area contributed by atoms with Crippen LogP contribution in [0.3, 0.4) is 0 Å². The van der Waals surface area contributed by atoms with Crippen LogP contribution in [0.5, 0.6) is 5.75 Å². The summed E-state index contributed by atoms with van der Waals surface area (Å²) >= 11 is 1.37. The molecule has 0 aromatic heterocycles. The standard InChI is InChI=1S/C24H19NO5S/c26-20(17-11-12-21-19(13-17)25-22(27)15-29-21)14-30-24(28)23(16-7-3-1-4-8-16)31-18-9-5-2-6-10-18/h1-13,23H,14-15H2,(H,25,27). The average Bonchev–Trinajstić information content (AvgIpc) is 2.81. The lowest BCUT2D eigenvalue weighted by Gasteiger charge is -2.18. The van der Waals surface area contributed by atoms with Crippen molar-refractivity contribution in [1.29, 1.82) is 0 Å². The topological polar surface area (TPSA) is 81.7 Å². The lowest BCUT2D eigenvalue weighted by atomic mass is 10.1. The van der Waals surface area contributed by atoms with Gasteiger partial charge in [0.1, 0.15) is 11.0 Å². The highest BCUT2D eigenvalue weighted by atomic mass is 32.2. The Labute approximate surface area is 183 Å². The Morgan fingerprint density at radius 2 is 1.71 bits per heavy atom. The summed E-state index contributed by atoms with van der Waals surface area (Å²) in [7, 11) is 0. The number of nitrogens with one attached hydrogen (secondary N) is 1. The number of rotatable bonds is 7. The highest BCUT2D eigenvalue weighted by molar-refractivity contribution is 8.00. The summed E-state index contributed by atoms with van der Waals surface area (Å²) in [6, 6.07) is 23.6. The summed E-state index contributed by atoms with van der Waals surface area (Å²) in [4.78, 5) is 37.9. The predicted octanol–water partition coefficient (Wildman–Crippen LogP) is 4.28. The Bertz CT molecular complexity index is 1100. The van der Waals surface area contributed by atoms with Crippen molar-refractivity contribution in [2.45, 2.75) is 10.1 Å². The molecule has 1 unspecified atom stereocenters. The highest BCUT2D eigenvalue weighted by Gasteiger charge is 2.25. The predicted molar refractivity (Wildman–Crippen MR) is 117 cm³/mol. The van der Waals surface area contributed by atoms with E-state index in [9.17, 15) is 14.4 Å². The van der Waals surface area contributed by atoms with Crippen LogP contribution in [0.15, 0.2) is 83.8 Å². The quantitative estimate of drug-likeness (QED) is 0.340. The first kappa shape index (κ1) is 20.7. The zero-order valence-electron chi connectivity index (χ0n) is 16.4. The molecule has 0 spiro atoms. The van der Waals surface area contributed by atoms with Gasteiger partial charge >= 0.3 is 5.97 Å². The van der Waals surface area contributed by atoms with Crippen LogP contribution in [0.4, 0.5) is 5.69 Å². The molecule has 7 heteroatoms. The molecule has 0 saturated heterocycles. The summed E-state index contributed by atoms with van der Waals surface area (Å²) in [6.07, 6.45) is 0. The molecule has 31 heavy (non-hydrogen) atoms. The molecule has 1 heterocycles. The molecule has 4 rings (SSSR count). The van der Waals surface area contributed by atoms with E-state index in [0.29, 0.717) is 17.0 Å². The Morgan fingerprint density at radius 3 is 2.45 bits per heavy atom. The Morgan fingerprint density at radius 1 is 1.00 bits per heavy atom. The first-order valence-corrected chi connectivity index (χ1v) is 10.5. The minimum atomic E-state index is -0.604. The number of thioether (sulfide) groups is 1. The van der Waals surface area contributed by atoms with Crippen molar-refractivity contribution in [2.24, 2.45) is 0 Å². The molecule has 1 aliphatic heterocycles. The van der Waals surface area contributed by atoms with E-state index in [-0.39, 0.29) is 18.3 Å². The van der Waals surface area contributed by atoms with Gasteiger partial charge in [-0.2, -0.15) is 0 Å². The van der Waals surface area contributed by atoms with Crippen molar-refractivity contribution in [3.05, 3.63) is 90.0 Å². The van der Waals surface area contributed by atoms with E-state index in [2.05, 4.69) is 5.32 Å². The van der Waals surface area contributed by atoms with Crippen molar-refractivity contribution in [3.63, 3.8) is 0 Å². The zero-order chi connectivity index (χ0) is 21.6. The molecule has 0 fully saturated rings. The van der Waals surface area contributed by atoms with Gasteiger partial charge in [-0.15, -0.1) is 11.8 Å². The van der Waals surface area contributed by atoms with E-state index in [1.807, 2.05) is 60.7 Å². The minimum Gasteiger partial charge on any atom is -0.482 e. The van der Waals surface area contributed by atoms with E-state index in [0.717, 1.165) is 10.5 Å². The highest BCUT2D eigenvalue weighted by Crippen LogP contribution is 2.36. The summed E-state index contributed by atoms with van der Waals surface area (Å²) in [6.45, 7) is -0.455. The van der Waals surface area contributed by atoms with Crippen molar-refractivity contribution in [2.75, 3.05) is 18.5 Å². The molecule has 1 aliphatic rings. The van der Waals surface area contributed by atoms with Crippen LogP contribution in [0.2, 0.25) is 0 Å². The number of carbonyl (C=O) groups is 3. The Kier molecular flexibility index (Phi) is 6.33. The summed E-state index contributed by atoms with van der Waals surface area (Å²) in [5.41, 5.74) is 1.54. The van der Waals surface area contributed by atoms with Gasteiger partial charge in [0.2, 0.25) is 0 Å². The first-order valence-electron chi connectivity index (χ1n) is 9.63. The molecule has 156 valence electrons. The molecular weight excluding hydrogens is 414 g/mol. The zero-order valence-corrected chi connectivity index (χ0v) is 17.3. The van der Waals surface area contributed by atoms with Crippen molar-refractivity contribution < 1.29 is 23.9 Å². The maximum Gasteiger partial charge on any atom is 0.324 e. The fourth-order valence-electron chi connectivity index (χ4n) is 3.07. The van der Waals surface area contributed by atoms with Crippen molar-refractivity contribution in [1.82, 2.24) is 0 Å². The number of anilines is 1. The molecule has 6 nitrogen and oxygen atoms in total. The van der Waals surface area contributed by atoms with Crippen LogP contribution < -0.4 is 10.1 Å². The van der Waals surface area contributed by atoms with Crippen LogP contribution in [-0.2, 0) is 14.3 Å². The van der Waals surface area contributed by atoms with Crippen molar-refractivity contribution in [3.8, 4) is 5.75 Å². The summed E-state index contributed by atoms with van der Waals surface area (Å²) in [5, 5.41) is 2.06. The number of amides is 1. The van der Waals surface area contributed by atoms with E-state index in [4.69, 9.17) is 9.47 Å². The molecule has 0 aliphatic carbocycles. The maximum absolute atomic E-state index is 12.9. The van der Waals surface area contributed by atoms with Crippen LogP contribution in [0.1, 0.15) is 21.2 Å². The fourth-order valence-corrected chi connectivity index (χ4v) is 4.11. The maximum atomic E-state index is 12.9. The second kappa shape index (κ2) is 9.49. The third-order valence-electron chi connectivity index (χ3n) is 4.59. The van der Waals surface area contributed by atoms with E-state index >= 15 is 0 Å². The molecule has 0 bridgehead atoms. The van der Waals surface area contributed by atoms with E-state index in [1.165, 1.54) is 17.8 Å². The molecule has 1 N–H and O–H groups in total. The molecule has 0 saturated carbocycles. The van der Waals surface area contributed by atoms with Gasteiger partial charge in [0.25, 0.3) is 5.91 Å². The molecule has 3 aromatic rings. The number of ketones is 1. The lowest BCUT2D eigenvalue weighted by molar-refractivity contribution is -0.142. The van der Waals surface area contributed by atoms with Crippen LogP contribution >= 0.6 is 11.8 Å². The smallest absolute Gasteiger partial charge is 0.324 e. The van der Waals surface area contributed by atoms with Gasteiger partial charge in [0.15, 0.2) is 19.0 Å². The number of ether oxygens (including phenoxy) is 2. The Balaban J connectivity index is 1.45. The molecule has 3 aromatic carbocycles. The first-order chi connectivity index (χ1) is 15.1. The Hall–Kier alpha value is -3.58. The summed E-state index contributed by atoms with van der Waals surface area (Å²) in [5.74, 6) is -0.654. The lowest BCUT2D eigenvalue weighted by Crippen LogP contribution is -2.25. The van der Waals surface area contributed by atoms with Gasteiger partial charge in [-0.1, -0.05) is 48.5 Å². The minimum absolute atomic E-state index is 0.0577. The number of esters is 1. The van der Waals surface area contributed by atoms with Gasteiger partial charge in [-0.05, 0) is 35.9 Å². The number of carbonyl (C=O) groups excluding carboxylic acids is 3. The van der Waals surface area contributed by atoms with Gasteiger partial charge in [-0.25, -0.2) is 0 Å². The number of Topliss-reactive ketones (excluding diaryl/α,β-unsaturated/α-hetero) is 1. The van der Waals surface area contributed by atoms with E-state index < -0.39 is 17.8 Å². The second-order valence-electron chi connectivity index (χ2n) is 6.80. The van der Waals surface area contributed by atoms with Gasteiger partial charge in [0.05, 0.1) is 5.69 Å². The van der Waals surface area contributed by atoms with Gasteiger partial charge < -0.3 is 14.8 Å². The average molecular weight is 433 g/mol. The fraction of sp³-hybridized carbons (Fsp3) is 0.125. The number of benzene rings is 3. The molecular formula is C24H19NO5S. The van der Waals surface area contributed by atoms with Crippen LogP contribution in [0, 0.1) is 0 Å². The largest absolute Gasteiger partial charge is 0.482 e. The third kappa shape index (κ3) is 5.13. The van der Waals surface area contributed by atoms with Crippen LogP contribution in [0.25, 0.3) is 0 Å². The molecule has 0 radical (unpaired) electrons. The van der Waals surface area contributed by atoms with Gasteiger partial charge in [0, 0.05) is 10.5 Å². The normalized spacial score (nSPS) is 13.4. The SMILES string of the molecule is O=C1COc2ccc(C(=O)COC(=O)C(Sc3ccccc3)c3ccccc3)cc2N1. The number of hydrogen-bond donors (Lipinski definition) is 1.